The minimum Gasteiger partial charge on any atom is -0.443 e. The lowest BCUT2D eigenvalue weighted by Crippen LogP contribution is -2.64. The topological polar surface area (TPSA) is 87.3 Å². The number of hydrogen-bond acceptors (Lipinski definition) is 7. The zero-order valence-electron chi connectivity index (χ0n) is 22.5. The first-order valence-electron chi connectivity index (χ1n) is 13.5. The molecule has 0 aromatic rings. The van der Waals surface area contributed by atoms with Gasteiger partial charge in [0.2, 0.25) is 0 Å². The Balaban J connectivity index is 1.32. The van der Waals surface area contributed by atoms with Crippen LogP contribution in [0.15, 0.2) is 11.6 Å². The molecule has 0 bridgehead atoms. The molecule has 4 fully saturated rings. The molecular weight excluding hydrogens is 448 g/mol. The Morgan fingerprint density at radius 2 is 1.94 bits per heavy atom. The first kappa shape index (κ1) is 26.9. The third-order valence-corrected chi connectivity index (χ3v) is 8.73. The number of ether oxygens (including phenoxy) is 4. The van der Waals surface area contributed by atoms with Gasteiger partial charge in [-0.05, 0) is 72.5 Å². The summed E-state index contributed by atoms with van der Waals surface area (Å²) in [5.74, 6) is 0.00973. The predicted octanol–water partition coefficient (Wildman–Crippen LogP) is 3.37. The minimum atomic E-state index is -0.804. The van der Waals surface area contributed by atoms with E-state index in [1.54, 1.807) is 12.0 Å². The molecule has 3 heterocycles. The van der Waals surface area contributed by atoms with Crippen LogP contribution in [0.4, 0.5) is 4.79 Å². The summed E-state index contributed by atoms with van der Waals surface area (Å²) in [5.41, 5.74) is -0.112. The van der Waals surface area contributed by atoms with Crippen LogP contribution in [0, 0.1) is 5.92 Å². The van der Waals surface area contributed by atoms with E-state index in [9.17, 15) is 9.90 Å². The van der Waals surface area contributed by atoms with E-state index in [-0.39, 0.29) is 41.5 Å². The summed E-state index contributed by atoms with van der Waals surface area (Å²) in [6.07, 6.45) is 5.36. The maximum absolute atomic E-state index is 13.0. The van der Waals surface area contributed by atoms with Crippen molar-refractivity contribution in [2.24, 2.45) is 5.92 Å². The summed E-state index contributed by atoms with van der Waals surface area (Å²) in [6.45, 7) is 15.0. The molecule has 0 aromatic carbocycles. The van der Waals surface area contributed by atoms with Crippen molar-refractivity contribution >= 4 is 6.09 Å². The summed E-state index contributed by atoms with van der Waals surface area (Å²) in [4.78, 5) is 16.9. The normalized spacial score (nSPS) is 37.2. The molecule has 8 nitrogen and oxygen atoms in total. The minimum absolute atomic E-state index is 0.00973. The Bertz CT molecular complexity index is 785. The van der Waals surface area contributed by atoms with Crippen LogP contribution in [-0.2, 0) is 18.9 Å². The molecule has 3 saturated heterocycles. The Labute approximate surface area is 210 Å². The lowest BCUT2D eigenvalue weighted by molar-refractivity contribution is -0.137. The number of hydrogen-bond donors (Lipinski definition) is 1. The van der Waals surface area contributed by atoms with E-state index in [1.807, 2.05) is 0 Å². The second-order valence-corrected chi connectivity index (χ2v) is 11.5. The molecule has 4 aliphatic rings. The SMILES string of the molecule is CCN(CC)CCCC1(O)CN(C(=O)O[C@@H]2CC[C@]3(CO3)C([C@@]3(C)O[C@@H]3CC=C(C)C)[C@@H]2OC)C1. The number of rotatable bonds is 11. The molecule has 200 valence electrons. The fourth-order valence-electron chi connectivity index (χ4n) is 6.40. The zero-order valence-corrected chi connectivity index (χ0v) is 22.5. The van der Waals surface area contributed by atoms with Gasteiger partial charge in [-0.15, -0.1) is 0 Å². The summed E-state index contributed by atoms with van der Waals surface area (Å²) in [7, 11) is 1.69. The number of epoxide rings is 2. The first-order chi connectivity index (χ1) is 16.6. The first-order valence-corrected chi connectivity index (χ1v) is 13.5. The van der Waals surface area contributed by atoms with Crippen LogP contribution >= 0.6 is 0 Å². The number of aliphatic hydroxyl groups is 1. The largest absolute Gasteiger partial charge is 0.443 e. The zero-order chi connectivity index (χ0) is 25.4. The van der Waals surface area contributed by atoms with Crippen molar-refractivity contribution in [1.82, 2.24) is 9.80 Å². The molecule has 1 spiro atoms. The summed E-state index contributed by atoms with van der Waals surface area (Å²) >= 11 is 0. The standard InChI is InChI=1S/C27H46N2O6/c1-7-28(8-2)15-9-13-26(31)16-29(17-26)24(30)34-20-12-14-27(18-33-27)23(22(20)32-6)25(5)21(35-25)11-10-19(3)4/h10,20-23,31H,7-9,11-18H2,1-6H3/t20-,21-,22-,23?,25+,27+/m1/s1. The predicted molar refractivity (Wildman–Crippen MR) is 133 cm³/mol. The molecule has 3 aliphatic heterocycles. The monoisotopic (exact) mass is 494 g/mol. The summed E-state index contributed by atoms with van der Waals surface area (Å²) in [6, 6.07) is 0. The average Bonchev–Trinajstić information content (AvgIpc) is 3.71. The molecule has 6 atom stereocenters. The lowest BCUT2D eigenvalue weighted by atomic mass is 9.68. The van der Waals surface area contributed by atoms with E-state index in [1.165, 1.54) is 5.57 Å². The van der Waals surface area contributed by atoms with E-state index >= 15 is 0 Å². The van der Waals surface area contributed by atoms with Gasteiger partial charge in [-0.3, -0.25) is 0 Å². The van der Waals surface area contributed by atoms with E-state index in [0.717, 1.165) is 38.9 Å². The quantitative estimate of drug-likeness (QED) is 0.348. The van der Waals surface area contributed by atoms with Gasteiger partial charge in [-0.25, -0.2) is 4.79 Å². The second-order valence-electron chi connectivity index (χ2n) is 11.5. The highest BCUT2D eigenvalue weighted by Gasteiger charge is 2.72. The van der Waals surface area contributed by atoms with Gasteiger partial charge >= 0.3 is 6.09 Å². The number of nitrogens with zero attached hydrogens (tertiary/aromatic N) is 2. The van der Waals surface area contributed by atoms with Gasteiger partial charge in [0.1, 0.15) is 29.0 Å². The average molecular weight is 495 g/mol. The number of allylic oxidation sites excluding steroid dienone is 1. The maximum Gasteiger partial charge on any atom is 0.410 e. The number of methoxy groups -OCH3 is 1. The molecule has 0 radical (unpaired) electrons. The molecule has 1 aliphatic carbocycles. The Hall–Kier alpha value is -1.19. The van der Waals surface area contributed by atoms with E-state index < -0.39 is 5.60 Å². The number of carbonyl (C=O) groups is 1. The van der Waals surface area contributed by atoms with Crippen LogP contribution in [-0.4, -0.2) is 103 Å². The van der Waals surface area contributed by atoms with Crippen LogP contribution in [0.25, 0.3) is 0 Å². The van der Waals surface area contributed by atoms with Gasteiger partial charge in [0, 0.05) is 7.11 Å². The molecule has 1 amide bonds. The smallest absolute Gasteiger partial charge is 0.410 e. The van der Waals surface area contributed by atoms with Crippen molar-refractivity contribution < 1.29 is 28.8 Å². The number of β-amino-alcohol motifs (C(OH)–C–C–N with tert-alkyl or cyclic N) is 1. The fourth-order valence-corrected chi connectivity index (χ4v) is 6.40. The highest BCUT2D eigenvalue weighted by atomic mass is 16.6. The third-order valence-electron chi connectivity index (χ3n) is 8.73. The highest BCUT2D eigenvalue weighted by molar-refractivity contribution is 5.69. The Morgan fingerprint density at radius 3 is 2.51 bits per heavy atom. The lowest BCUT2D eigenvalue weighted by Gasteiger charge is -2.47. The molecule has 4 rings (SSSR count). The van der Waals surface area contributed by atoms with Crippen molar-refractivity contribution in [3.63, 3.8) is 0 Å². The van der Waals surface area contributed by atoms with Gasteiger partial charge in [-0.2, -0.15) is 0 Å². The number of carbonyl (C=O) groups excluding carboxylic acids is 1. The van der Waals surface area contributed by atoms with Gasteiger partial charge in [-0.1, -0.05) is 25.5 Å². The van der Waals surface area contributed by atoms with E-state index in [2.05, 4.69) is 45.6 Å². The molecule has 8 heteroatoms. The van der Waals surface area contributed by atoms with Crippen LogP contribution < -0.4 is 0 Å². The maximum atomic E-state index is 13.0. The number of likely N-dealkylation sites (tertiary alicyclic amines) is 1. The van der Waals surface area contributed by atoms with Crippen LogP contribution in [0.1, 0.15) is 66.7 Å². The van der Waals surface area contributed by atoms with Crippen molar-refractivity contribution in [3.8, 4) is 0 Å². The molecule has 1 N–H and O–H groups in total. The fraction of sp³-hybridized carbons (Fsp3) is 0.889. The molecule has 0 aromatic heterocycles. The Morgan fingerprint density at radius 1 is 1.26 bits per heavy atom. The van der Waals surface area contributed by atoms with Gasteiger partial charge in [0.15, 0.2) is 0 Å². The van der Waals surface area contributed by atoms with Gasteiger partial charge in [0.25, 0.3) is 0 Å². The summed E-state index contributed by atoms with van der Waals surface area (Å²) < 4.78 is 24.2. The van der Waals surface area contributed by atoms with E-state index in [4.69, 9.17) is 18.9 Å². The second kappa shape index (κ2) is 10.3. The van der Waals surface area contributed by atoms with Crippen LogP contribution in [0.5, 0.6) is 0 Å². The molecular formula is C27H46N2O6. The van der Waals surface area contributed by atoms with Gasteiger partial charge < -0.3 is 33.9 Å². The highest BCUT2D eigenvalue weighted by Crippen LogP contribution is 2.59. The van der Waals surface area contributed by atoms with Crippen LogP contribution in [0.2, 0.25) is 0 Å². The van der Waals surface area contributed by atoms with Crippen molar-refractivity contribution in [3.05, 3.63) is 11.6 Å². The van der Waals surface area contributed by atoms with Gasteiger partial charge in [0.05, 0.1) is 31.7 Å². The van der Waals surface area contributed by atoms with Crippen molar-refractivity contribution in [2.75, 3.05) is 46.4 Å². The Kier molecular flexibility index (Phi) is 7.89. The number of amides is 1. The third kappa shape index (κ3) is 5.57. The van der Waals surface area contributed by atoms with Crippen LogP contribution in [0.3, 0.4) is 0 Å². The van der Waals surface area contributed by atoms with E-state index in [0.29, 0.717) is 32.5 Å². The molecule has 35 heavy (non-hydrogen) atoms. The van der Waals surface area contributed by atoms with Crippen molar-refractivity contribution in [2.45, 2.75) is 102 Å². The van der Waals surface area contributed by atoms with Crippen molar-refractivity contribution in [1.29, 1.82) is 0 Å². The molecule has 1 unspecified atom stereocenters. The summed E-state index contributed by atoms with van der Waals surface area (Å²) in [5, 5.41) is 10.8. The molecule has 1 saturated carbocycles.